The van der Waals surface area contributed by atoms with E-state index in [4.69, 9.17) is 9.73 Å². The number of hydrogen-bond acceptors (Lipinski definition) is 3. The summed E-state index contributed by atoms with van der Waals surface area (Å²) in [7, 11) is 4.06. The molecule has 0 atom stereocenters. The van der Waals surface area contributed by atoms with Gasteiger partial charge in [0, 0.05) is 58.7 Å². The van der Waals surface area contributed by atoms with E-state index in [1.54, 1.807) is 0 Å². The minimum atomic E-state index is 0. The van der Waals surface area contributed by atoms with Crippen LogP contribution in [0.15, 0.2) is 11.2 Å². The number of halogens is 1. The molecule has 7 heteroatoms. The molecule has 1 rings (SSSR count). The van der Waals surface area contributed by atoms with Gasteiger partial charge in [-0.1, -0.05) is 13.8 Å². The number of aromatic nitrogens is 2. The normalized spacial score (nSPS) is 11.6. The van der Waals surface area contributed by atoms with Gasteiger partial charge >= 0.3 is 0 Å². The Kier molecular flexibility index (Phi) is 12.9. The molecule has 0 saturated carbocycles. The van der Waals surface area contributed by atoms with Crippen LogP contribution >= 0.6 is 24.0 Å². The van der Waals surface area contributed by atoms with Crippen molar-refractivity contribution in [3.8, 4) is 0 Å². The molecule has 0 bridgehead atoms. The predicted molar refractivity (Wildman–Crippen MR) is 116 cm³/mol. The number of nitrogens with one attached hydrogen (secondary N) is 1. The van der Waals surface area contributed by atoms with Crippen molar-refractivity contribution in [1.82, 2.24) is 20.0 Å². The zero-order chi connectivity index (χ0) is 17.9. The second-order valence-corrected chi connectivity index (χ2v) is 6.36. The summed E-state index contributed by atoms with van der Waals surface area (Å²) in [4.78, 5) is 6.91. The Labute approximate surface area is 170 Å². The van der Waals surface area contributed by atoms with Crippen LogP contribution in [0.25, 0.3) is 0 Å². The average Bonchev–Trinajstić information content (AvgIpc) is 2.90. The third kappa shape index (κ3) is 8.89. The van der Waals surface area contributed by atoms with Crippen LogP contribution in [-0.2, 0) is 18.3 Å². The van der Waals surface area contributed by atoms with Crippen molar-refractivity contribution in [3.05, 3.63) is 17.5 Å². The lowest BCUT2D eigenvalue weighted by molar-refractivity contribution is 0.144. The highest BCUT2D eigenvalue weighted by Gasteiger charge is 2.14. The van der Waals surface area contributed by atoms with Crippen molar-refractivity contribution >= 4 is 29.9 Å². The fraction of sp³-hybridized carbons (Fsp3) is 0.778. The molecule has 25 heavy (non-hydrogen) atoms. The lowest BCUT2D eigenvalue weighted by Crippen LogP contribution is -2.38. The summed E-state index contributed by atoms with van der Waals surface area (Å²) in [5, 5.41) is 7.97. The van der Waals surface area contributed by atoms with E-state index < -0.39 is 0 Å². The van der Waals surface area contributed by atoms with Gasteiger partial charge in [-0.2, -0.15) is 5.10 Å². The van der Waals surface area contributed by atoms with Crippen LogP contribution in [0.5, 0.6) is 0 Å². The van der Waals surface area contributed by atoms with Gasteiger partial charge in [-0.25, -0.2) is 0 Å². The van der Waals surface area contributed by atoms with E-state index in [1.807, 2.05) is 18.7 Å². The first-order valence-electron chi connectivity index (χ1n) is 9.09. The molecule has 0 spiro atoms. The molecule has 1 N–H and O–H groups in total. The molecular formula is C18H36IN5O. The molecule has 1 heterocycles. The van der Waals surface area contributed by atoms with E-state index in [2.05, 4.69) is 49.3 Å². The van der Waals surface area contributed by atoms with E-state index in [0.29, 0.717) is 5.92 Å². The maximum atomic E-state index is 5.37. The summed E-state index contributed by atoms with van der Waals surface area (Å²) in [6, 6.07) is 0. The summed E-state index contributed by atoms with van der Waals surface area (Å²) in [6.07, 6.45) is 4.21. The van der Waals surface area contributed by atoms with Crippen LogP contribution in [0.4, 0.5) is 0 Å². The van der Waals surface area contributed by atoms with Crippen LogP contribution in [0.2, 0.25) is 0 Å². The highest BCUT2D eigenvalue weighted by atomic mass is 127. The zero-order valence-electron chi connectivity index (χ0n) is 16.7. The van der Waals surface area contributed by atoms with Gasteiger partial charge in [0.05, 0.1) is 5.69 Å². The molecule has 0 radical (unpaired) electrons. The van der Waals surface area contributed by atoms with Crippen LogP contribution in [0.3, 0.4) is 0 Å². The molecule has 0 aromatic carbocycles. The summed E-state index contributed by atoms with van der Waals surface area (Å²) in [5.74, 6) is 1.38. The maximum absolute atomic E-state index is 5.37. The molecule has 0 fully saturated rings. The Hall–Kier alpha value is -0.830. The highest BCUT2D eigenvalue weighted by molar-refractivity contribution is 14.0. The minimum Gasteiger partial charge on any atom is -0.382 e. The van der Waals surface area contributed by atoms with Crippen LogP contribution in [0.1, 0.15) is 57.7 Å². The summed E-state index contributed by atoms with van der Waals surface area (Å²) < 4.78 is 7.27. The molecule has 1 aromatic rings. The molecule has 0 aliphatic heterocycles. The van der Waals surface area contributed by atoms with Gasteiger partial charge in [-0.05, 0) is 32.6 Å². The predicted octanol–water partition coefficient (Wildman–Crippen LogP) is 3.38. The Balaban J connectivity index is 0.00000576. The molecule has 0 saturated heterocycles. The highest BCUT2D eigenvalue weighted by Crippen LogP contribution is 2.18. The smallest absolute Gasteiger partial charge is 0.193 e. The largest absolute Gasteiger partial charge is 0.382 e. The lowest BCUT2D eigenvalue weighted by Gasteiger charge is -2.22. The number of aliphatic imine (C=N–C) groups is 1. The van der Waals surface area contributed by atoms with Crippen molar-refractivity contribution in [3.63, 3.8) is 0 Å². The molecule has 0 unspecified atom stereocenters. The van der Waals surface area contributed by atoms with Crippen LogP contribution < -0.4 is 5.32 Å². The van der Waals surface area contributed by atoms with Crippen molar-refractivity contribution in [2.45, 2.75) is 53.0 Å². The maximum Gasteiger partial charge on any atom is 0.193 e. The Bertz CT molecular complexity index is 502. The number of nitrogens with zero attached hydrogens (tertiary/aromatic N) is 4. The van der Waals surface area contributed by atoms with Gasteiger partial charge in [-0.3, -0.25) is 9.67 Å². The van der Waals surface area contributed by atoms with Gasteiger partial charge in [0.2, 0.25) is 0 Å². The van der Waals surface area contributed by atoms with Crippen molar-refractivity contribution < 1.29 is 4.74 Å². The van der Waals surface area contributed by atoms with Gasteiger partial charge < -0.3 is 15.0 Å². The molecule has 146 valence electrons. The first-order valence-corrected chi connectivity index (χ1v) is 9.09. The first kappa shape index (κ1) is 24.2. The molecular weight excluding hydrogens is 429 g/mol. The summed E-state index contributed by atoms with van der Waals surface area (Å²) in [5.41, 5.74) is 2.42. The standard InChI is InChI=1S/C18H35N5O.HI/c1-7-19-18(20-11-9-10-12-24-8-2)22(5)13-16-14-23(6)21-17(16)15(3)4;/h14-15H,7-13H2,1-6H3,(H,19,20);1H. The molecule has 0 aliphatic rings. The van der Waals surface area contributed by atoms with Gasteiger partial charge in [0.1, 0.15) is 0 Å². The third-order valence-corrected chi connectivity index (χ3v) is 3.75. The van der Waals surface area contributed by atoms with Gasteiger partial charge in [0.15, 0.2) is 5.96 Å². The fourth-order valence-electron chi connectivity index (χ4n) is 2.61. The van der Waals surface area contributed by atoms with E-state index in [1.165, 1.54) is 5.56 Å². The van der Waals surface area contributed by atoms with E-state index in [9.17, 15) is 0 Å². The number of ether oxygens (including phenoxy) is 1. The van der Waals surface area contributed by atoms with Gasteiger partial charge in [-0.15, -0.1) is 24.0 Å². The van der Waals surface area contributed by atoms with E-state index in [0.717, 1.165) is 57.3 Å². The number of rotatable bonds is 10. The number of aryl methyl sites for hydroxylation is 1. The number of unbranched alkanes of at least 4 members (excludes halogenated alkanes) is 1. The second kappa shape index (κ2) is 13.4. The van der Waals surface area contributed by atoms with Crippen molar-refractivity contribution in [2.75, 3.05) is 33.4 Å². The monoisotopic (exact) mass is 465 g/mol. The second-order valence-electron chi connectivity index (χ2n) is 6.36. The quantitative estimate of drug-likeness (QED) is 0.249. The number of hydrogen-bond donors (Lipinski definition) is 1. The van der Waals surface area contributed by atoms with Crippen molar-refractivity contribution in [2.24, 2.45) is 12.0 Å². The SMILES string of the molecule is CCNC(=NCCCCOCC)N(C)Cc1cn(C)nc1C(C)C.I. The average molecular weight is 465 g/mol. The minimum absolute atomic E-state index is 0. The third-order valence-electron chi connectivity index (χ3n) is 3.75. The van der Waals surface area contributed by atoms with Gasteiger partial charge in [0.25, 0.3) is 0 Å². The Morgan fingerprint density at radius 2 is 2.08 bits per heavy atom. The topological polar surface area (TPSA) is 54.7 Å². The van der Waals surface area contributed by atoms with Crippen molar-refractivity contribution in [1.29, 1.82) is 0 Å². The molecule has 0 aliphatic carbocycles. The Morgan fingerprint density at radius 3 is 2.68 bits per heavy atom. The lowest BCUT2D eigenvalue weighted by atomic mass is 10.1. The van der Waals surface area contributed by atoms with Crippen LogP contribution in [-0.4, -0.2) is 54.0 Å². The molecule has 1 aromatic heterocycles. The van der Waals surface area contributed by atoms with E-state index >= 15 is 0 Å². The Morgan fingerprint density at radius 1 is 1.36 bits per heavy atom. The van der Waals surface area contributed by atoms with Crippen LogP contribution in [0, 0.1) is 0 Å². The summed E-state index contributed by atoms with van der Waals surface area (Å²) in [6.45, 7) is 12.6. The zero-order valence-corrected chi connectivity index (χ0v) is 19.0. The molecule has 6 nitrogen and oxygen atoms in total. The summed E-state index contributed by atoms with van der Waals surface area (Å²) >= 11 is 0. The molecule has 0 amide bonds. The fourth-order valence-corrected chi connectivity index (χ4v) is 2.61. The first-order chi connectivity index (χ1) is 11.5. The number of guanidine groups is 1. The van der Waals surface area contributed by atoms with E-state index in [-0.39, 0.29) is 24.0 Å².